The molecule has 3 rings (SSSR count). The Bertz CT molecular complexity index is 860. The number of hydrogen-bond acceptors (Lipinski definition) is 5. The van der Waals surface area contributed by atoms with Gasteiger partial charge in [0.2, 0.25) is 11.8 Å². The molecule has 0 radical (unpaired) electrons. The van der Waals surface area contributed by atoms with E-state index in [4.69, 9.17) is 5.73 Å². The predicted octanol–water partition coefficient (Wildman–Crippen LogP) is 3.59. The van der Waals surface area contributed by atoms with Crippen molar-refractivity contribution in [3.63, 3.8) is 0 Å². The summed E-state index contributed by atoms with van der Waals surface area (Å²) in [4.78, 5) is 31.3. The number of benzene rings is 1. The number of amides is 2. The van der Waals surface area contributed by atoms with Crippen LogP contribution in [0, 0.1) is 12.8 Å². The van der Waals surface area contributed by atoms with Crippen LogP contribution in [0.4, 0.5) is 11.5 Å². The Hall–Kier alpha value is -2.06. The van der Waals surface area contributed by atoms with Gasteiger partial charge in [0.05, 0.1) is 23.6 Å². The molecule has 1 aromatic heterocycles. The Morgan fingerprint density at radius 2 is 2.18 bits per heavy atom. The van der Waals surface area contributed by atoms with Crippen LogP contribution in [0.15, 0.2) is 45.9 Å². The molecule has 0 saturated carbocycles. The molecular formula is C20H23BrN4O2S. The molecule has 148 valence electrons. The highest BCUT2D eigenvalue weighted by Crippen LogP contribution is 2.26. The zero-order chi connectivity index (χ0) is 20.1. The molecule has 1 fully saturated rings. The summed E-state index contributed by atoms with van der Waals surface area (Å²) in [6, 6.07) is 9.71. The minimum absolute atomic E-state index is 0.0753. The number of hydrogen-bond donors (Lipinski definition) is 2. The summed E-state index contributed by atoms with van der Waals surface area (Å²) in [7, 11) is 0. The summed E-state index contributed by atoms with van der Waals surface area (Å²) in [5.41, 5.74) is 7.23. The van der Waals surface area contributed by atoms with Crippen LogP contribution in [0.5, 0.6) is 0 Å². The zero-order valence-electron chi connectivity index (χ0n) is 15.7. The lowest BCUT2D eigenvalue weighted by molar-refractivity contribution is -0.122. The van der Waals surface area contributed by atoms with Crippen molar-refractivity contribution in [3.05, 3.63) is 46.6 Å². The molecule has 1 atom stereocenters. The first-order valence-corrected chi connectivity index (χ1v) is 10.9. The van der Waals surface area contributed by atoms with Gasteiger partial charge in [-0.2, -0.15) is 0 Å². The van der Waals surface area contributed by atoms with Gasteiger partial charge in [-0.1, -0.05) is 15.9 Å². The Kier molecular flexibility index (Phi) is 6.96. The van der Waals surface area contributed by atoms with Crippen molar-refractivity contribution in [3.8, 4) is 0 Å². The van der Waals surface area contributed by atoms with Gasteiger partial charge in [0.15, 0.2) is 0 Å². The molecule has 1 unspecified atom stereocenters. The fourth-order valence-electron chi connectivity index (χ4n) is 3.18. The summed E-state index contributed by atoms with van der Waals surface area (Å²) in [5.74, 6) is 0.662. The van der Waals surface area contributed by atoms with Gasteiger partial charge in [0, 0.05) is 22.5 Å². The van der Waals surface area contributed by atoms with Gasteiger partial charge >= 0.3 is 0 Å². The summed E-state index contributed by atoms with van der Waals surface area (Å²) in [6.45, 7) is 3.47. The summed E-state index contributed by atoms with van der Waals surface area (Å²) in [6.07, 6.45) is 3.40. The number of carbonyl (C=O) groups excluding carboxylic acids is 2. The van der Waals surface area contributed by atoms with Gasteiger partial charge in [-0.15, -0.1) is 11.8 Å². The molecule has 2 aromatic rings. The normalized spacial score (nSPS) is 16.6. The third-order valence-electron chi connectivity index (χ3n) is 4.68. The predicted molar refractivity (Wildman–Crippen MR) is 117 cm³/mol. The first kappa shape index (κ1) is 20.7. The van der Waals surface area contributed by atoms with Gasteiger partial charge < -0.3 is 16.0 Å². The third kappa shape index (κ3) is 5.48. The van der Waals surface area contributed by atoms with E-state index < -0.39 is 0 Å². The smallest absolute Gasteiger partial charge is 0.234 e. The monoisotopic (exact) mass is 462 g/mol. The minimum Gasteiger partial charge on any atom is -0.369 e. The number of thioether (sulfide) groups is 1. The number of rotatable bonds is 6. The van der Waals surface area contributed by atoms with Gasteiger partial charge in [0.1, 0.15) is 5.82 Å². The molecule has 2 amide bonds. The maximum absolute atomic E-state index is 12.2. The van der Waals surface area contributed by atoms with Crippen LogP contribution < -0.4 is 16.0 Å². The van der Waals surface area contributed by atoms with Crippen molar-refractivity contribution in [2.45, 2.75) is 24.7 Å². The summed E-state index contributed by atoms with van der Waals surface area (Å²) in [5, 5.41) is 2.88. The van der Waals surface area contributed by atoms with Crippen LogP contribution in [0.2, 0.25) is 0 Å². The van der Waals surface area contributed by atoms with E-state index >= 15 is 0 Å². The molecule has 2 heterocycles. The fraction of sp³-hybridized carbons (Fsp3) is 0.350. The number of pyridine rings is 1. The number of aromatic nitrogens is 1. The highest BCUT2D eigenvalue weighted by Gasteiger charge is 2.24. The number of anilines is 2. The molecule has 0 spiro atoms. The standard InChI is InChI=1S/C20H23BrN4O2S/c1-13-9-15(21)4-6-17(13)28-12-19(26)24-16-5-7-18(23-10-16)25-8-2-3-14(11-25)20(22)27/h4-7,9-10,14H,2-3,8,11-12H2,1H3,(H2,22,27)(H,24,26). The van der Waals surface area contributed by atoms with E-state index in [2.05, 4.69) is 31.1 Å². The Labute approximate surface area is 177 Å². The maximum atomic E-state index is 12.2. The van der Waals surface area contributed by atoms with Gasteiger partial charge in [-0.05, 0) is 55.7 Å². The first-order chi connectivity index (χ1) is 13.4. The third-order valence-corrected chi connectivity index (χ3v) is 6.34. The van der Waals surface area contributed by atoms with Crippen molar-refractivity contribution in [1.82, 2.24) is 4.98 Å². The van der Waals surface area contributed by atoms with E-state index in [1.807, 2.05) is 37.3 Å². The Morgan fingerprint density at radius 1 is 1.36 bits per heavy atom. The number of carbonyl (C=O) groups is 2. The number of primary amides is 1. The molecule has 1 aliphatic rings. The fourth-order valence-corrected chi connectivity index (χ4v) is 4.46. The maximum Gasteiger partial charge on any atom is 0.234 e. The number of aryl methyl sites for hydroxylation is 1. The van der Waals surface area contributed by atoms with Crippen molar-refractivity contribution in [2.24, 2.45) is 11.7 Å². The molecule has 1 aliphatic heterocycles. The van der Waals surface area contributed by atoms with Crippen LogP contribution in [0.1, 0.15) is 18.4 Å². The highest BCUT2D eigenvalue weighted by atomic mass is 79.9. The van der Waals surface area contributed by atoms with Crippen LogP contribution in [0.25, 0.3) is 0 Å². The van der Waals surface area contributed by atoms with Crippen LogP contribution in [-0.2, 0) is 9.59 Å². The second-order valence-electron chi connectivity index (χ2n) is 6.84. The Morgan fingerprint density at radius 3 is 2.86 bits per heavy atom. The highest BCUT2D eigenvalue weighted by molar-refractivity contribution is 9.10. The molecular weight excluding hydrogens is 440 g/mol. The molecule has 3 N–H and O–H groups in total. The van der Waals surface area contributed by atoms with Crippen molar-refractivity contribution in [2.75, 3.05) is 29.1 Å². The van der Waals surface area contributed by atoms with E-state index in [1.165, 1.54) is 11.8 Å². The second kappa shape index (κ2) is 9.43. The van der Waals surface area contributed by atoms with Gasteiger partial charge in [-0.3, -0.25) is 9.59 Å². The zero-order valence-corrected chi connectivity index (χ0v) is 18.1. The minimum atomic E-state index is -0.257. The van der Waals surface area contributed by atoms with Crippen molar-refractivity contribution in [1.29, 1.82) is 0 Å². The molecule has 8 heteroatoms. The van der Waals surface area contributed by atoms with Gasteiger partial charge in [-0.25, -0.2) is 4.98 Å². The second-order valence-corrected chi connectivity index (χ2v) is 8.77. The van der Waals surface area contributed by atoms with Gasteiger partial charge in [0.25, 0.3) is 0 Å². The van der Waals surface area contributed by atoms with Crippen molar-refractivity contribution < 1.29 is 9.59 Å². The average Bonchev–Trinajstić information content (AvgIpc) is 2.68. The van der Waals surface area contributed by atoms with Crippen molar-refractivity contribution >= 4 is 51.0 Å². The van der Waals surface area contributed by atoms with Crippen LogP contribution in [-0.4, -0.2) is 35.6 Å². The molecule has 6 nitrogen and oxygen atoms in total. The Balaban J connectivity index is 1.53. The number of halogens is 1. The number of nitrogens with one attached hydrogen (secondary N) is 1. The van der Waals surface area contributed by atoms with E-state index in [9.17, 15) is 9.59 Å². The molecule has 1 aromatic carbocycles. The topological polar surface area (TPSA) is 88.3 Å². The van der Waals surface area contributed by atoms with E-state index in [0.717, 1.165) is 40.1 Å². The lowest BCUT2D eigenvalue weighted by Gasteiger charge is -2.32. The molecule has 28 heavy (non-hydrogen) atoms. The van der Waals surface area contributed by atoms with E-state index in [1.54, 1.807) is 6.20 Å². The summed E-state index contributed by atoms with van der Waals surface area (Å²) < 4.78 is 1.03. The van der Waals surface area contributed by atoms with Crippen LogP contribution >= 0.6 is 27.7 Å². The molecule has 1 saturated heterocycles. The molecule has 0 bridgehead atoms. The largest absolute Gasteiger partial charge is 0.369 e. The number of nitrogens with zero attached hydrogens (tertiary/aromatic N) is 2. The molecule has 0 aliphatic carbocycles. The first-order valence-electron chi connectivity index (χ1n) is 9.11. The lowest BCUT2D eigenvalue weighted by Crippen LogP contribution is -2.41. The van der Waals surface area contributed by atoms with Crippen LogP contribution in [0.3, 0.4) is 0 Å². The van der Waals surface area contributed by atoms with E-state index in [-0.39, 0.29) is 17.7 Å². The summed E-state index contributed by atoms with van der Waals surface area (Å²) >= 11 is 4.95. The van der Waals surface area contributed by atoms with E-state index in [0.29, 0.717) is 18.0 Å². The number of piperidine rings is 1. The number of nitrogens with two attached hydrogens (primary N) is 1. The SMILES string of the molecule is Cc1cc(Br)ccc1SCC(=O)Nc1ccc(N2CCCC(C(N)=O)C2)nc1. The average molecular weight is 463 g/mol. The quantitative estimate of drug-likeness (QED) is 0.640. The lowest BCUT2D eigenvalue weighted by atomic mass is 9.97.